The summed E-state index contributed by atoms with van der Waals surface area (Å²) in [5.41, 5.74) is 3.65. The van der Waals surface area contributed by atoms with Gasteiger partial charge in [0.15, 0.2) is 0 Å². The summed E-state index contributed by atoms with van der Waals surface area (Å²) < 4.78 is 71.3. The maximum absolute atomic E-state index is 16.6. The molecular formula is C38H38BrF4NOSi. The van der Waals surface area contributed by atoms with Crippen LogP contribution in [0.5, 0.6) is 0 Å². The zero-order chi connectivity index (χ0) is 32.9. The van der Waals surface area contributed by atoms with E-state index in [1.807, 2.05) is 113 Å². The third kappa shape index (κ3) is 5.82. The van der Waals surface area contributed by atoms with E-state index in [0.717, 1.165) is 32.6 Å². The number of hydrogen-bond acceptors (Lipinski definition) is 2. The molecule has 0 bridgehead atoms. The second-order valence-corrected chi connectivity index (χ2v) is 18.7. The van der Waals surface area contributed by atoms with Crippen LogP contribution < -0.4 is 10.4 Å². The third-order valence-corrected chi connectivity index (χ3v) is 15.1. The van der Waals surface area contributed by atoms with E-state index in [2.05, 4.69) is 15.9 Å². The zero-order valence-electron chi connectivity index (χ0n) is 26.5. The molecule has 2 atom stereocenters. The van der Waals surface area contributed by atoms with Crippen molar-refractivity contribution in [3.05, 3.63) is 135 Å². The summed E-state index contributed by atoms with van der Waals surface area (Å²) in [5, 5.41) is 1.33. The fourth-order valence-corrected chi connectivity index (χ4v) is 12.4. The van der Waals surface area contributed by atoms with Crippen molar-refractivity contribution in [1.29, 1.82) is 0 Å². The molecule has 4 aromatic rings. The van der Waals surface area contributed by atoms with Crippen LogP contribution >= 0.6 is 15.9 Å². The van der Waals surface area contributed by atoms with Crippen LogP contribution in [-0.4, -0.2) is 38.3 Å². The normalized spacial score (nSPS) is 18.9. The van der Waals surface area contributed by atoms with Gasteiger partial charge in [0.05, 0.1) is 23.7 Å². The van der Waals surface area contributed by atoms with E-state index in [4.69, 9.17) is 4.43 Å². The van der Waals surface area contributed by atoms with Crippen LogP contribution in [0.1, 0.15) is 56.8 Å². The van der Waals surface area contributed by atoms with Gasteiger partial charge in [-0.15, -0.1) is 0 Å². The number of fused-ring (bicyclic) bond motifs is 2. The molecule has 0 saturated heterocycles. The van der Waals surface area contributed by atoms with Gasteiger partial charge in [0.1, 0.15) is 11.6 Å². The van der Waals surface area contributed by atoms with Crippen molar-refractivity contribution in [3.63, 3.8) is 0 Å². The van der Waals surface area contributed by atoms with E-state index < -0.39 is 56.1 Å². The highest BCUT2D eigenvalue weighted by Gasteiger charge is 2.53. The lowest BCUT2D eigenvalue weighted by molar-refractivity contribution is -0.0818. The van der Waals surface area contributed by atoms with Gasteiger partial charge in [0.25, 0.3) is 14.2 Å². The monoisotopic (exact) mass is 707 g/mol. The predicted octanol–water partition coefficient (Wildman–Crippen LogP) is 9.08. The number of nitrogens with zero attached hydrogens (tertiary/aromatic N) is 1. The van der Waals surface area contributed by atoms with Gasteiger partial charge in [-0.05, 0) is 85.5 Å². The molecule has 1 aliphatic heterocycles. The van der Waals surface area contributed by atoms with Crippen molar-refractivity contribution in [2.75, 3.05) is 13.2 Å². The minimum absolute atomic E-state index is 0.0986. The molecule has 2 nitrogen and oxygen atoms in total. The van der Waals surface area contributed by atoms with E-state index in [9.17, 15) is 0 Å². The van der Waals surface area contributed by atoms with Crippen LogP contribution in [0.15, 0.2) is 107 Å². The van der Waals surface area contributed by atoms with Gasteiger partial charge in [-0.25, -0.2) is 17.6 Å². The van der Waals surface area contributed by atoms with Crippen LogP contribution in [0.3, 0.4) is 0 Å². The highest BCUT2D eigenvalue weighted by molar-refractivity contribution is 9.10. The first-order valence-electron chi connectivity index (χ1n) is 15.7. The molecule has 1 aliphatic carbocycles. The summed E-state index contributed by atoms with van der Waals surface area (Å²) in [6, 6.07) is 28.4. The molecule has 0 fully saturated rings. The van der Waals surface area contributed by atoms with Crippen LogP contribution in [0.2, 0.25) is 5.04 Å². The second-order valence-electron chi connectivity index (χ2n) is 13.5. The maximum atomic E-state index is 16.6. The largest absolute Gasteiger partial charge is 0.401 e. The molecule has 0 N–H and O–H groups in total. The molecule has 46 heavy (non-hydrogen) atoms. The Bertz CT molecular complexity index is 1720. The molecule has 0 amide bonds. The molecule has 2 aliphatic rings. The Kier molecular flexibility index (Phi) is 8.95. The number of hydrogen-bond donors (Lipinski definition) is 0. The molecule has 0 saturated carbocycles. The van der Waals surface area contributed by atoms with Crippen molar-refractivity contribution < 1.29 is 22.0 Å². The summed E-state index contributed by atoms with van der Waals surface area (Å²) in [6.45, 7) is 6.46. The summed E-state index contributed by atoms with van der Waals surface area (Å²) in [7, 11) is -3.25. The average Bonchev–Trinajstić information content (AvgIpc) is 3.39. The Labute approximate surface area is 278 Å². The van der Waals surface area contributed by atoms with E-state index in [-0.39, 0.29) is 10.0 Å². The number of alkyl halides is 2. The van der Waals surface area contributed by atoms with Crippen molar-refractivity contribution in [1.82, 2.24) is 4.90 Å². The minimum atomic E-state index is -3.33. The first kappa shape index (κ1) is 32.9. The molecular weight excluding hydrogens is 670 g/mol. The van der Waals surface area contributed by atoms with E-state index >= 15 is 17.6 Å². The number of halogens is 5. The highest BCUT2D eigenvalue weighted by Crippen LogP contribution is 2.50. The van der Waals surface area contributed by atoms with Crippen molar-refractivity contribution in [2.24, 2.45) is 0 Å². The summed E-state index contributed by atoms with van der Waals surface area (Å²) >= 11 is 3.21. The van der Waals surface area contributed by atoms with Crippen LogP contribution in [-0.2, 0) is 10.8 Å². The second kappa shape index (κ2) is 12.5. The smallest absolute Gasteiger partial charge is 0.282 e. The molecule has 0 aromatic heterocycles. The topological polar surface area (TPSA) is 12.5 Å². The van der Waals surface area contributed by atoms with Crippen LogP contribution in [0.25, 0.3) is 5.57 Å². The lowest BCUT2D eigenvalue weighted by Gasteiger charge is -2.46. The first-order valence-corrected chi connectivity index (χ1v) is 18.4. The van der Waals surface area contributed by atoms with Gasteiger partial charge in [0.2, 0.25) is 0 Å². The molecule has 4 aromatic carbocycles. The first-order chi connectivity index (χ1) is 21.8. The fourth-order valence-electron chi connectivity index (χ4n) is 7.49. The summed E-state index contributed by atoms with van der Waals surface area (Å²) in [6.07, 6.45) is 0.959. The summed E-state index contributed by atoms with van der Waals surface area (Å²) in [4.78, 5) is 1.59. The van der Waals surface area contributed by atoms with Crippen LogP contribution in [0, 0.1) is 11.6 Å². The Morgan fingerprint density at radius 2 is 1.43 bits per heavy atom. The predicted molar refractivity (Wildman–Crippen MR) is 183 cm³/mol. The lowest BCUT2D eigenvalue weighted by Crippen LogP contribution is -2.67. The highest BCUT2D eigenvalue weighted by atomic mass is 79.9. The van der Waals surface area contributed by atoms with E-state index in [1.54, 1.807) is 4.90 Å². The van der Waals surface area contributed by atoms with Crippen molar-refractivity contribution in [2.45, 2.75) is 63.6 Å². The van der Waals surface area contributed by atoms with Gasteiger partial charge in [-0.1, -0.05) is 106 Å². The van der Waals surface area contributed by atoms with Crippen molar-refractivity contribution >= 4 is 40.2 Å². The Morgan fingerprint density at radius 1 is 0.848 bits per heavy atom. The Morgan fingerprint density at radius 3 is 2.04 bits per heavy atom. The molecule has 0 radical (unpaired) electrons. The third-order valence-electron chi connectivity index (χ3n) is 9.52. The van der Waals surface area contributed by atoms with Gasteiger partial charge < -0.3 is 4.43 Å². The van der Waals surface area contributed by atoms with Gasteiger partial charge in [0, 0.05) is 11.6 Å². The average molecular weight is 709 g/mol. The quantitative estimate of drug-likeness (QED) is 0.103. The lowest BCUT2D eigenvalue weighted by atomic mass is 9.84. The number of benzene rings is 4. The minimum Gasteiger partial charge on any atom is -0.401 e. The molecule has 8 heteroatoms. The fraction of sp³-hybridized carbons (Fsp3) is 0.316. The van der Waals surface area contributed by atoms with Gasteiger partial charge >= 0.3 is 0 Å². The molecule has 0 unspecified atom stereocenters. The molecule has 0 spiro atoms. The van der Waals surface area contributed by atoms with Crippen molar-refractivity contribution in [3.8, 4) is 0 Å². The van der Waals surface area contributed by atoms with Gasteiger partial charge in [-0.3, -0.25) is 4.90 Å². The summed E-state index contributed by atoms with van der Waals surface area (Å²) in [5.74, 6) is -4.85. The molecule has 1 heterocycles. The zero-order valence-corrected chi connectivity index (χ0v) is 29.1. The van der Waals surface area contributed by atoms with E-state index in [1.165, 1.54) is 12.1 Å². The SMILES string of the molecule is C[C@@H]1CC2=C(Cc3ccccc32)[C@@H](c2c(F)ccc(Br)c2F)N1CC(F)(F)CO[Si](c1ccccc1)(c1ccccc1)C(C)(C)C. The molecule has 6 rings (SSSR count). The van der Waals surface area contributed by atoms with E-state index in [0.29, 0.717) is 12.8 Å². The van der Waals surface area contributed by atoms with Crippen LogP contribution in [0.4, 0.5) is 17.6 Å². The maximum Gasteiger partial charge on any atom is 0.282 e. The standard InChI is InChI=1S/C38H38BrF4NOSi/c1-25-21-30-29-18-12-11-13-26(29)22-31(30)36(34-33(40)20-19-32(39)35(34)41)44(25)23-38(42,43)24-45-46(37(2,3)4,27-14-7-5-8-15-27)28-16-9-6-10-17-28/h5-20,25,36H,21-24H2,1-4H3/t25-,36+/m1/s1. The number of rotatable bonds is 8. The molecule has 240 valence electrons. The Hall–Kier alpha value is -3.04. The van der Waals surface area contributed by atoms with Gasteiger partial charge in [-0.2, -0.15) is 0 Å². The Balaban J connectivity index is 1.40.